The molecule has 1 amide bonds. The second-order valence-electron chi connectivity index (χ2n) is 7.25. The first-order chi connectivity index (χ1) is 14.0. The van der Waals surface area contributed by atoms with E-state index in [1.807, 2.05) is 61.0 Å². The van der Waals surface area contributed by atoms with Crippen LogP contribution in [-0.4, -0.2) is 28.4 Å². The van der Waals surface area contributed by atoms with Crippen LogP contribution >= 0.6 is 0 Å². The van der Waals surface area contributed by atoms with Gasteiger partial charge >= 0.3 is 0 Å². The van der Waals surface area contributed by atoms with Gasteiger partial charge in [-0.1, -0.05) is 0 Å². The SMILES string of the molecule is CCOc1cc2c(cc1CNC(=O)c1ccc(-n3nccc3C)cc1)O[C@@H](C)C2. The summed E-state index contributed by atoms with van der Waals surface area (Å²) in [6.07, 6.45) is 2.80. The summed E-state index contributed by atoms with van der Waals surface area (Å²) in [4.78, 5) is 12.6. The Morgan fingerprint density at radius 1 is 1.28 bits per heavy atom. The quantitative estimate of drug-likeness (QED) is 0.694. The van der Waals surface area contributed by atoms with E-state index in [-0.39, 0.29) is 12.0 Å². The molecule has 4 rings (SSSR count). The van der Waals surface area contributed by atoms with Gasteiger partial charge in [-0.25, -0.2) is 4.68 Å². The molecule has 1 aliphatic heterocycles. The third-order valence-corrected chi connectivity index (χ3v) is 5.02. The molecule has 0 radical (unpaired) electrons. The Morgan fingerprint density at radius 3 is 2.76 bits per heavy atom. The van der Waals surface area contributed by atoms with Gasteiger partial charge in [-0.05, 0) is 63.2 Å². The molecule has 0 saturated heterocycles. The molecule has 0 aliphatic carbocycles. The number of hydrogen-bond donors (Lipinski definition) is 1. The summed E-state index contributed by atoms with van der Waals surface area (Å²) >= 11 is 0. The highest BCUT2D eigenvalue weighted by Gasteiger charge is 2.22. The lowest BCUT2D eigenvalue weighted by Gasteiger charge is -2.13. The molecule has 0 unspecified atom stereocenters. The van der Waals surface area contributed by atoms with Crippen LogP contribution in [0.4, 0.5) is 0 Å². The van der Waals surface area contributed by atoms with Crippen LogP contribution in [0.15, 0.2) is 48.7 Å². The van der Waals surface area contributed by atoms with Gasteiger partial charge in [0.25, 0.3) is 5.91 Å². The summed E-state index contributed by atoms with van der Waals surface area (Å²) in [6.45, 7) is 6.95. The average Bonchev–Trinajstić information content (AvgIpc) is 3.30. The molecule has 29 heavy (non-hydrogen) atoms. The molecule has 0 bridgehead atoms. The molecular weight excluding hydrogens is 366 g/mol. The summed E-state index contributed by atoms with van der Waals surface area (Å²) in [5, 5.41) is 7.27. The van der Waals surface area contributed by atoms with Gasteiger partial charge in [-0.3, -0.25) is 4.79 Å². The van der Waals surface area contributed by atoms with Gasteiger partial charge in [0, 0.05) is 41.5 Å². The molecule has 0 spiro atoms. The van der Waals surface area contributed by atoms with E-state index in [9.17, 15) is 4.79 Å². The van der Waals surface area contributed by atoms with E-state index in [0.717, 1.165) is 40.4 Å². The lowest BCUT2D eigenvalue weighted by atomic mass is 10.1. The number of fused-ring (bicyclic) bond motifs is 1. The Hall–Kier alpha value is -3.28. The summed E-state index contributed by atoms with van der Waals surface area (Å²) in [5.74, 6) is 1.55. The van der Waals surface area contributed by atoms with Gasteiger partial charge < -0.3 is 14.8 Å². The van der Waals surface area contributed by atoms with Crippen molar-refractivity contribution in [2.75, 3.05) is 6.61 Å². The molecule has 6 heteroatoms. The van der Waals surface area contributed by atoms with E-state index in [0.29, 0.717) is 18.7 Å². The lowest BCUT2D eigenvalue weighted by Crippen LogP contribution is -2.23. The number of hydrogen-bond acceptors (Lipinski definition) is 4. The fraction of sp³-hybridized carbons (Fsp3) is 0.304. The van der Waals surface area contributed by atoms with Gasteiger partial charge in [0.2, 0.25) is 0 Å². The molecule has 2 aromatic carbocycles. The predicted octanol–water partition coefficient (Wildman–Crippen LogP) is 3.83. The fourth-order valence-electron chi connectivity index (χ4n) is 3.58. The van der Waals surface area contributed by atoms with Gasteiger partial charge in [-0.15, -0.1) is 0 Å². The monoisotopic (exact) mass is 391 g/mol. The molecule has 6 nitrogen and oxygen atoms in total. The van der Waals surface area contributed by atoms with Crippen molar-refractivity contribution in [3.8, 4) is 17.2 Å². The van der Waals surface area contributed by atoms with Crippen molar-refractivity contribution in [1.29, 1.82) is 0 Å². The van der Waals surface area contributed by atoms with Crippen LogP contribution in [0.3, 0.4) is 0 Å². The van der Waals surface area contributed by atoms with Crippen LogP contribution in [0.2, 0.25) is 0 Å². The van der Waals surface area contributed by atoms with Crippen LogP contribution < -0.4 is 14.8 Å². The maximum atomic E-state index is 12.6. The van der Waals surface area contributed by atoms with Crippen LogP contribution in [0.5, 0.6) is 11.5 Å². The Bertz CT molecular complexity index is 1020. The topological polar surface area (TPSA) is 65.4 Å². The van der Waals surface area contributed by atoms with E-state index >= 15 is 0 Å². The highest BCUT2D eigenvalue weighted by atomic mass is 16.5. The highest BCUT2D eigenvalue weighted by molar-refractivity contribution is 5.94. The van der Waals surface area contributed by atoms with Crippen LogP contribution in [0.25, 0.3) is 5.69 Å². The number of aromatic nitrogens is 2. The first-order valence-corrected chi connectivity index (χ1v) is 9.89. The van der Waals surface area contributed by atoms with Gasteiger partial charge in [0.05, 0.1) is 12.3 Å². The van der Waals surface area contributed by atoms with Gasteiger partial charge in [0.1, 0.15) is 17.6 Å². The Kier molecular flexibility index (Phi) is 5.25. The molecule has 0 saturated carbocycles. The third kappa shape index (κ3) is 3.97. The smallest absolute Gasteiger partial charge is 0.251 e. The van der Waals surface area contributed by atoms with E-state index in [4.69, 9.17) is 9.47 Å². The second kappa shape index (κ2) is 7.99. The summed E-state index contributed by atoms with van der Waals surface area (Å²) < 4.78 is 13.5. The summed E-state index contributed by atoms with van der Waals surface area (Å²) in [6, 6.07) is 13.4. The standard InChI is InChI=1S/C23H25N3O3/c1-4-28-21-12-18-11-16(3)29-22(18)13-19(21)14-24-23(27)17-5-7-20(8-6-17)26-15(2)9-10-25-26/h5-10,12-13,16H,4,11,14H2,1-3H3,(H,24,27)/t16-/m0/s1. The zero-order chi connectivity index (χ0) is 20.4. The molecule has 1 atom stereocenters. The van der Waals surface area contributed by atoms with E-state index in [2.05, 4.69) is 17.3 Å². The lowest BCUT2D eigenvalue weighted by molar-refractivity contribution is 0.0950. The number of benzene rings is 2. The van der Waals surface area contributed by atoms with E-state index in [1.165, 1.54) is 0 Å². The minimum absolute atomic E-state index is 0.133. The highest BCUT2D eigenvalue weighted by Crippen LogP contribution is 2.35. The molecular formula is C23H25N3O3. The predicted molar refractivity (Wildman–Crippen MR) is 111 cm³/mol. The zero-order valence-electron chi connectivity index (χ0n) is 16.9. The number of carbonyl (C=O) groups is 1. The summed E-state index contributed by atoms with van der Waals surface area (Å²) in [5.41, 5.74) is 4.63. The van der Waals surface area contributed by atoms with Crippen LogP contribution in [0, 0.1) is 6.92 Å². The largest absolute Gasteiger partial charge is 0.494 e. The minimum atomic E-state index is -0.133. The maximum Gasteiger partial charge on any atom is 0.251 e. The van der Waals surface area contributed by atoms with E-state index < -0.39 is 0 Å². The van der Waals surface area contributed by atoms with E-state index in [1.54, 1.807) is 6.20 Å². The number of nitrogens with one attached hydrogen (secondary N) is 1. The number of ether oxygens (including phenoxy) is 2. The first kappa shape index (κ1) is 19.1. The molecule has 2 heterocycles. The second-order valence-corrected chi connectivity index (χ2v) is 7.25. The average molecular weight is 391 g/mol. The van der Waals surface area contributed by atoms with Crippen molar-refractivity contribution in [3.63, 3.8) is 0 Å². The first-order valence-electron chi connectivity index (χ1n) is 9.89. The summed E-state index contributed by atoms with van der Waals surface area (Å²) in [7, 11) is 0. The van der Waals surface area contributed by atoms with Crippen molar-refractivity contribution in [2.24, 2.45) is 0 Å². The van der Waals surface area contributed by atoms with Crippen molar-refractivity contribution < 1.29 is 14.3 Å². The van der Waals surface area contributed by atoms with Gasteiger partial charge in [0.15, 0.2) is 0 Å². The van der Waals surface area contributed by atoms with Crippen molar-refractivity contribution in [2.45, 2.75) is 39.8 Å². The number of carbonyl (C=O) groups excluding carboxylic acids is 1. The molecule has 3 aromatic rings. The number of aryl methyl sites for hydroxylation is 1. The van der Waals surface area contributed by atoms with Gasteiger partial charge in [-0.2, -0.15) is 5.10 Å². The minimum Gasteiger partial charge on any atom is -0.494 e. The molecule has 0 fully saturated rings. The Morgan fingerprint density at radius 2 is 2.07 bits per heavy atom. The zero-order valence-corrected chi connectivity index (χ0v) is 16.9. The van der Waals surface area contributed by atoms with Crippen LogP contribution in [0.1, 0.15) is 41.0 Å². The third-order valence-electron chi connectivity index (χ3n) is 5.02. The van der Waals surface area contributed by atoms with Crippen molar-refractivity contribution in [1.82, 2.24) is 15.1 Å². The number of nitrogens with zero attached hydrogens (tertiary/aromatic N) is 2. The van der Waals surface area contributed by atoms with Crippen molar-refractivity contribution in [3.05, 3.63) is 71.0 Å². The Balaban J connectivity index is 1.47. The number of amides is 1. The molecule has 150 valence electrons. The Labute approximate surface area is 170 Å². The normalized spacial score (nSPS) is 14.9. The number of rotatable bonds is 6. The van der Waals surface area contributed by atoms with Crippen LogP contribution in [-0.2, 0) is 13.0 Å². The maximum absolute atomic E-state index is 12.6. The van der Waals surface area contributed by atoms with Crippen molar-refractivity contribution >= 4 is 5.91 Å². The molecule has 1 aliphatic rings. The molecule has 1 N–H and O–H groups in total. The fourth-order valence-corrected chi connectivity index (χ4v) is 3.58. The molecule has 1 aromatic heterocycles.